The molecule has 1 aromatic carbocycles. The number of carbonyl (C=O) groups excluding carboxylic acids is 1. The van der Waals surface area contributed by atoms with Crippen LogP contribution < -0.4 is 5.14 Å². The van der Waals surface area contributed by atoms with E-state index in [1.807, 2.05) is 0 Å². The van der Waals surface area contributed by atoms with Crippen LogP contribution in [-0.4, -0.2) is 48.6 Å². The molecule has 23 heavy (non-hydrogen) atoms. The van der Waals surface area contributed by atoms with Crippen LogP contribution >= 0.6 is 0 Å². The first kappa shape index (κ1) is 17.4. The number of nitrogens with two attached hydrogens (primary N) is 1. The number of halogens is 1. The second kappa shape index (κ2) is 6.63. The molecule has 7 nitrogen and oxygen atoms in total. The van der Waals surface area contributed by atoms with E-state index in [1.54, 1.807) is 6.07 Å². The van der Waals surface area contributed by atoms with Gasteiger partial charge < -0.3 is 10.0 Å². The lowest BCUT2D eigenvalue weighted by Gasteiger charge is -2.25. The first-order chi connectivity index (χ1) is 10.7. The number of carbonyl (C=O) groups is 2. The van der Waals surface area contributed by atoms with Crippen LogP contribution in [0.2, 0.25) is 0 Å². The van der Waals surface area contributed by atoms with E-state index in [0.29, 0.717) is 0 Å². The Hall–Kier alpha value is -2.00. The highest BCUT2D eigenvalue weighted by Gasteiger charge is 2.39. The summed E-state index contributed by atoms with van der Waals surface area (Å²) in [6.07, 6.45) is -0.271. The molecule has 1 aliphatic rings. The van der Waals surface area contributed by atoms with Crippen molar-refractivity contribution < 1.29 is 27.5 Å². The van der Waals surface area contributed by atoms with Gasteiger partial charge in [-0.2, -0.15) is 0 Å². The van der Waals surface area contributed by atoms with Gasteiger partial charge in [0, 0.05) is 25.3 Å². The molecule has 0 radical (unpaired) electrons. The summed E-state index contributed by atoms with van der Waals surface area (Å²) in [6, 6.07) is 4.48. The predicted octanol–water partition coefficient (Wildman–Crippen LogP) is -0.0416. The molecule has 2 rings (SSSR count). The third kappa shape index (κ3) is 4.49. The molecule has 3 N–H and O–H groups in total. The quantitative estimate of drug-likeness (QED) is 0.751. The summed E-state index contributed by atoms with van der Waals surface area (Å²) in [5.74, 6) is -3.23. The Morgan fingerprint density at radius 2 is 2.09 bits per heavy atom. The summed E-state index contributed by atoms with van der Waals surface area (Å²) in [7, 11) is -3.75. The highest BCUT2D eigenvalue weighted by molar-refractivity contribution is 7.89. The molecular formula is C14H17FN2O5S. The molecule has 126 valence electrons. The molecule has 9 heteroatoms. The van der Waals surface area contributed by atoms with Crippen LogP contribution in [-0.2, 0) is 26.0 Å². The molecular weight excluding hydrogens is 327 g/mol. The zero-order chi connectivity index (χ0) is 17.2. The smallest absolute Gasteiger partial charge is 0.326 e. The van der Waals surface area contributed by atoms with E-state index in [0.717, 1.165) is 4.90 Å². The fourth-order valence-corrected chi connectivity index (χ4v) is 3.63. The second-order valence-corrected chi connectivity index (χ2v) is 7.25. The monoisotopic (exact) mass is 344 g/mol. The molecule has 1 amide bonds. The van der Waals surface area contributed by atoms with Crippen molar-refractivity contribution in [2.45, 2.75) is 18.9 Å². The Labute approximate surface area is 132 Å². The van der Waals surface area contributed by atoms with E-state index in [4.69, 9.17) is 5.14 Å². The van der Waals surface area contributed by atoms with Gasteiger partial charge >= 0.3 is 5.97 Å². The van der Waals surface area contributed by atoms with Crippen molar-refractivity contribution in [2.24, 2.45) is 11.1 Å². The Balaban J connectivity index is 2.17. The average Bonchev–Trinajstić information content (AvgIpc) is 2.75. The first-order valence-corrected chi connectivity index (χ1v) is 8.65. The predicted molar refractivity (Wildman–Crippen MR) is 79.3 cm³/mol. The van der Waals surface area contributed by atoms with Gasteiger partial charge in [-0.15, -0.1) is 0 Å². The van der Waals surface area contributed by atoms with E-state index in [1.165, 1.54) is 18.2 Å². The number of benzene rings is 1. The number of carboxylic acids is 1. The minimum atomic E-state index is -3.75. The number of nitrogens with zero attached hydrogens (tertiary/aromatic N) is 1. The molecule has 1 fully saturated rings. The summed E-state index contributed by atoms with van der Waals surface area (Å²) < 4.78 is 35.9. The minimum Gasteiger partial charge on any atom is -0.480 e. The maximum atomic E-state index is 13.7. The number of hydrogen-bond donors (Lipinski definition) is 2. The molecule has 0 bridgehead atoms. The van der Waals surface area contributed by atoms with Gasteiger partial charge in [0.25, 0.3) is 0 Å². The number of amides is 1. The summed E-state index contributed by atoms with van der Waals surface area (Å²) >= 11 is 0. The zero-order valence-electron chi connectivity index (χ0n) is 12.2. The van der Waals surface area contributed by atoms with Gasteiger partial charge in [0.2, 0.25) is 15.9 Å². The van der Waals surface area contributed by atoms with Crippen molar-refractivity contribution in [2.75, 3.05) is 12.3 Å². The number of carboxylic acid groups (broad SMARTS) is 1. The average molecular weight is 344 g/mol. The van der Waals surface area contributed by atoms with E-state index in [-0.39, 0.29) is 30.7 Å². The Bertz CT molecular complexity index is 722. The molecule has 0 aliphatic carbocycles. The van der Waals surface area contributed by atoms with Gasteiger partial charge in [0.15, 0.2) is 0 Å². The van der Waals surface area contributed by atoms with Gasteiger partial charge in [-0.1, -0.05) is 18.2 Å². The molecule has 1 heterocycles. The highest BCUT2D eigenvalue weighted by atomic mass is 32.2. The van der Waals surface area contributed by atoms with E-state index >= 15 is 0 Å². The van der Waals surface area contributed by atoms with Crippen LogP contribution in [0.1, 0.15) is 12.0 Å². The number of rotatable bonds is 6. The number of likely N-dealkylation sites (tertiary alicyclic amines) is 1. The van der Waals surface area contributed by atoms with Gasteiger partial charge in [-0.05, 0) is 11.6 Å². The zero-order valence-corrected chi connectivity index (χ0v) is 13.0. The van der Waals surface area contributed by atoms with E-state index < -0.39 is 39.7 Å². The lowest BCUT2D eigenvalue weighted by Crippen LogP contribution is -2.44. The van der Waals surface area contributed by atoms with E-state index in [2.05, 4.69) is 0 Å². The second-order valence-electron chi connectivity index (χ2n) is 5.60. The maximum absolute atomic E-state index is 13.7. The number of primary sulfonamides is 1. The fourth-order valence-electron chi connectivity index (χ4n) is 2.75. The summed E-state index contributed by atoms with van der Waals surface area (Å²) in [4.78, 5) is 24.6. The number of aliphatic carboxylic acids is 1. The van der Waals surface area contributed by atoms with Gasteiger partial charge in [0.05, 0.1) is 5.75 Å². The molecule has 1 saturated heterocycles. The lowest BCUT2D eigenvalue weighted by atomic mass is 10.0. The van der Waals surface area contributed by atoms with Gasteiger partial charge in [0.1, 0.15) is 11.9 Å². The Morgan fingerprint density at radius 1 is 1.43 bits per heavy atom. The van der Waals surface area contributed by atoms with Gasteiger partial charge in [-0.25, -0.2) is 22.7 Å². The molecule has 0 saturated carbocycles. The molecule has 1 aliphatic heterocycles. The van der Waals surface area contributed by atoms with Gasteiger partial charge in [-0.3, -0.25) is 4.79 Å². The number of hydrogen-bond acceptors (Lipinski definition) is 4. The third-order valence-electron chi connectivity index (χ3n) is 3.74. The molecule has 0 aromatic heterocycles. The fraction of sp³-hybridized carbons (Fsp3) is 0.429. The van der Waals surface area contributed by atoms with Crippen molar-refractivity contribution in [1.29, 1.82) is 0 Å². The Kier molecular flexibility index (Phi) is 5.00. The van der Waals surface area contributed by atoms with Crippen LogP contribution in [0.25, 0.3) is 0 Å². The number of sulfonamides is 1. The highest BCUT2D eigenvalue weighted by Crippen LogP contribution is 2.23. The molecule has 1 aromatic rings. The van der Waals surface area contributed by atoms with Crippen LogP contribution in [0.15, 0.2) is 24.3 Å². The normalized spacial score (nSPS) is 19.8. The topological polar surface area (TPSA) is 118 Å². The molecule has 0 spiro atoms. The summed E-state index contributed by atoms with van der Waals surface area (Å²) in [5, 5.41) is 14.3. The summed E-state index contributed by atoms with van der Waals surface area (Å²) in [5.41, 5.74) is 0.183. The first-order valence-electron chi connectivity index (χ1n) is 6.93. The van der Waals surface area contributed by atoms with E-state index in [9.17, 15) is 27.5 Å². The Morgan fingerprint density at radius 3 is 2.65 bits per heavy atom. The standard InChI is InChI=1S/C14H17FN2O5S/c15-11-4-2-1-3-10(11)6-12(14(19)20)17-7-9(5-13(17)18)8-23(16,21)22/h1-4,9,12H,5-8H2,(H,19,20)(H2,16,21,22)/t9?,12-/m1/s1. The largest absolute Gasteiger partial charge is 0.480 e. The van der Waals surface area contributed by atoms with Crippen LogP contribution in [0, 0.1) is 11.7 Å². The van der Waals surface area contributed by atoms with Crippen molar-refractivity contribution >= 4 is 21.9 Å². The molecule has 2 atom stereocenters. The SMILES string of the molecule is NS(=O)(=O)CC1CC(=O)N([C@H](Cc2ccccc2F)C(=O)O)C1. The molecule has 1 unspecified atom stereocenters. The van der Waals surface area contributed by atoms with Crippen molar-refractivity contribution in [1.82, 2.24) is 4.90 Å². The maximum Gasteiger partial charge on any atom is 0.326 e. The summed E-state index contributed by atoms with van der Waals surface area (Å²) in [6.45, 7) is -0.0271. The van der Waals surface area contributed by atoms with Crippen molar-refractivity contribution in [3.05, 3.63) is 35.6 Å². The van der Waals surface area contributed by atoms with Crippen molar-refractivity contribution in [3.63, 3.8) is 0 Å². The lowest BCUT2D eigenvalue weighted by molar-refractivity contribution is -0.148. The van der Waals surface area contributed by atoms with Crippen molar-refractivity contribution in [3.8, 4) is 0 Å². The third-order valence-corrected chi connectivity index (χ3v) is 4.67. The van der Waals surface area contributed by atoms with Crippen LogP contribution in [0.4, 0.5) is 4.39 Å². The minimum absolute atomic E-state index is 0.0271. The van der Waals surface area contributed by atoms with Crippen LogP contribution in [0.3, 0.4) is 0 Å². The van der Waals surface area contributed by atoms with Crippen LogP contribution in [0.5, 0.6) is 0 Å².